The maximum absolute atomic E-state index is 5.36. The Morgan fingerprint density at radius 2 is 2.07 bits per heavy atom. The van der Waals surface area contributed by atoms with Crippen molar-refractivity contribution in [2.45, 2.75) is 38.5 Å². The first-order chi connectivity index (χ1) is 14.3. The maximum Gasteiger partial charge on any atom is 0.183 e. The number of rotatable bonds is 6. The van der Waals surface area contributed by atoms with Gasteiger partial charge < -0.3 is 14.5 Å². The van der Waals surface area contributed by atoms with Gasteiger partial charge in [-0.05, 0) is 48.6 Å². The van der Waals surface area contributed by atoms with E-state index in [4.69, 9.17) is 9.72 Å². The number of nitrogens with one attached hydrogen (secondary N) is 1. The standard InChI is InChI=1S/C23H26N4OS/c1-28-19-8-10-22-24-14-18(27(22)15-19)11-17-7-9-20-21(12-17)29-23(26-20)25-13-16-5-3-2-4-6-16/h7-10,12,14-16H,2-6,11,13H2,1H3,(H,25,26). The monoisotopic (exact) mass is 406 g/mol. The van der Waals surface area contributed by atoms with E-state index in [0.717, 1.165) is 46.6 Å². The fraction of sp³-hybridized carbons (Fsp3) is 0.391. The van der Waals surface area contributed by atoms with Gasteiger partial charge >= 0.3 is 0 Å². The zero-order valence-corrected chi connectivity index (χ0v) is 17.5. The Bertz CT molecular complexity index is 1130. The summed E-state index contributed by atoms with van der Waals surface area (Å²) in [6.45, 7) is 1.05. The minimum Gasteiger partial charge on any atom is -0.495 e. The molecule has 0 bridgehead atoms. The largest absolute Gasteiger partial charge is 0.495 e. The maximum atomic E-state index is 5.36. The van der Waals surface area contributed by atoms with Gasteiger partial charge in [0, 0.05) is 24.9 Å². The summed E-state index contributed by atoms with van der Waals surface area (Å²) in [5.74, 6) is 1.64. The molecule has 1 saturated carbocycles. The van der Waals surface area contributed by atoms with Crippen molar-refractivity contribution in [1.82, 2.24) is 14.4 Å². The predicted octanol–water partition coefficient (Wildman–Crippen LogP) is 5.54. The molecule has 150 valence electrons. The number of benzene rings is 1. The number of fused-ring (bicyclic) bond motifs is 2. The first-order valence-corrected chi connectivity index (χ1v) is 11.2. The number of aromatic nitrogens is 3. The van der Waals surface area contributed by atoms with E-state index in [9.17, 15) is 0 Å². The van der Waals surface area contributed by atoms with Crippen LogP contribution in [0.4, 0.5) is 5.13 Å². The molecular weight excluding hydrogens is 380 g/mol. The van der Waals surface area contributed by atoms with Crippen molar-refractivity contribution in [2.24, 2.45) is 5.92 Å². The van der Waals surface area contributed by atoms with E-state index >= 15 is 0 Å². The Morgan fingerprint density at radius 1 is 1.17 bits per heavy atom. The predicted molar refractivity (Wildman–Crippen MR) is 119 cm³/mol. The van der Waals surface area contributed by atoms with Crippen molar-refractivity contribution >= 4 is 32.3 Å². The first kappa shape index (κ1) is 18.4. The van der Waals surface area contributed by atoms with Crippen molar-refractivity contribution in [3.63, 3.8) is 0 Å². The van der Waals surface area contributed by atoms with Crippen LogP contribution in [0.5, 0.6) is 5.75 Å². The molecule has 0 atom stereocenters. The van der Waals surface area contributed by atoms with E-state index in [1.807, 2.05) is 24.5 Å². The second-order valence-electron chi connectivity index (χ2n) is 7.93. The van der Waals surface area contributed by atoms with Crippen LogP contribution in [0.2, 0.25) is 0 Å². The molecule has 0 amide bonds. The molecule has 1 aromatic carbocycles. The highest BCUT2D eigenvalue weighted by atomic mass is 32.1. The summed E-state index contributed by atoms with van der Waals surface area (Å²) < 4.78 is 8.70. The molecule has 1 fully saturated rings. The minimum atomic E-state index is 0.804. The summed E-state index contributed by atoms with van der Waals surface area (Å²) in [5, 5.41) is 4.63. The third-order valence-electron chi connectivity index (χ3n) is 5.90. The summed E-state index contributed by atoms with van der Waals surface area (Å²) in [4.78, 5) is 9.29. The van der Waals surface area contributed by atoms with Gasteiger partial charge in [0.1, 0.15) is 11.4 Å². The Labute approximate surface area is 174 Å². The smallest absolute Gasteiger partial charge is 0.183 e. The summed E-state index contributed by atoms with van der Waals surface area (Å²) >= 11 is 1.76. The van der Waals surface area contributed by atoms with Gasteiger partial charge in [-0.15, -0.1) is 0 Å². The van der Waals surface area contributed by atoms with Crippen LogP contribution in [0.3, 0.4) is 0 Å². The normalized spacial score (nSPS) is 15.2. The molecule has 0 spiro atoms. The van der Waals surface area contributed by atoms with Crippen LogP contribution in [0.15, 0.2) is 42.7 Å². The summed E-state index contributed by atoms with van der Waals surface area (Å²) in [6, 6.07) is 10.5. The van der Waals surface area contributed by atoms with Crippen LogP contribution in [-0.2, 0) is 6.42 Å². The van der Waals surface area contributed by atoms with Gasteiger partial charge in [-0.25, -0.2) is 9.97 Å². The van der Waals surface area contributed by atoms with E-state index in [1.165, 1.54) is 42.4 Å². The van der Waals surface area contributed by atoms with Crippen LogP contribution < -0.4 is 10.1 Å². The highest BCUT2D eigenvalue weighted by molar-refractivity contribution is 7.22. The average molecular weight is 407 g/mol. The average Bonchev–Trinajstić information content (AvgIpc) is 3.36. The van der Waals surface area contributed by atoms with Gasteiger partial charge in [-0.3, -0.25) is 0 Å². The number of pyridine rings is 1. The van der Waals surface area contributed by atoms with Gasteiger partial charge in [0.2, 0.25) is 0 Å². The molecule has 29 heavy (non-hydrogen) atoms. The van der Waals surface area contributed by atoms with Gasteiger partial charge in [-0.2, -0.15) is 0 Å². The van der Waals surface area contributed by atoms with Crippen LogP contribution >= 0.6 is 11.3 Å². The third-order valence-corrected chi connectivity index (χ3v) is 6.87. The lowest BCUT2D eigenvalue weighted by atomic mass is 9.89. The number of nitrogens with zero attached hydrogens (tertiary/aromatic N) is 3. The van der Waals surface area contributed by atoms with Gasteiger partial charge in [-0.1, -0.05) is 36.7 Å². The number of anilines is 1. The molecular formula is C23H26N4OS. The number of thiazole rings is 1. The van der Waals surface area contributed by atoms with Gasteiger partial charge in [0.15, 0.2) is 5.13 Å². The third kappa shape index (κ3) is 3.94. The lowest BCUT2D eigenvalue weighted by Gasteiger charge is -2.21. The molecule has 1 N–H and O–H groups in total. The van der Waals surface area contributed by atoms with Crippen molar-refractivity contribution in [3.8, 4) is 5.75 Å². The van der Waals surface area contributed by atoms with Crippen molar-refractivity contribution < 1.29 is 4.74 Å². The molecule has 4 aromatic rings. The summed E-state index contributed by atoms with van der Waals surface area (Å²) in [6.07, 6.45) is 11.6. The van der Waals surface area contributed by atoms with E-state index in [1.54, 1.807) is 18.4 Å². The van der Waals surface area contributed by atoms with E-state index in [2.05, 4.69) is 32.9 Å². The van der Waals surface area contributed by atoms with E-state index in [0.29, 0.717) is 0 Å². The van der Waals surface area contributed by atoms with Crippen molar-refractivity contribution in [3.05, 3.63) is 54.0 Å². The Hall–Kier alpha value is -2.60. The highest BCUT2D eigenvalue weighted by Gasteiger charge is 2.14. The minimum absolute atomic E-state index is 0.804. The number of methoxy groups -OCH3 is 1. The number of hydrogen-bond donors (Lipinski definition) is 1. The van der Waals surface area contributed by atoms with Crippen LogP contribution in [-0.4, -0.2) is 28.0 Å². The molecule has 0 radical (unpaired) electrons. The Morgan fingerprint density at radius 3 is 2.93 bits per heavy atom. The fourth-order valence-electron chi connectivity index (χ4n) is 4.25. The second kappa shape index (κ2) is 8.03. The first-order valence-electron chi connectivity index (χ1n) is 10.4. The zero-order chi connectivity index (χ0) is 19.6. The molecule has 3 aromatic heterocycles. The summed E-state index contributed by atoms with van der Waals surface area (Å²) in [5.41, 5.74) is 4.43. The van der Waals surface area contributed by atoms with E-state index < -0.39 is 0 Å². The molecule has 6 heteroatoms. The Balaban J connectivity index is 1.33. The SMILES string of the molecule is COc1ccc2ncc(Cc3ccc4nc(NCC5CCCCC5)sc4c3)n2c1. The second-order valence-corrected chi connectivity index (χ2v) is 8.96. The zero-order valence-electron chi connectivity index (χ0n) is 16.7. The van der Waals surface area contributed by atoms with Crippen LogP contribution in [0, 0.1) is 5.92 Å². The summed E-state index contributed by atoms with van der Waals surface area (Å²) in [7, 11) is 1.69. The molecule has 0 saturated heterocycles. The number of imidazole rings is 1. The van der Waals surface area contributed by atoms with Gasteiger partial charge in [0.05, 0.1) is 23.5 Å². The molecule has 5 nitrogen and oxygen atoms in total. The number of hydrogen-bond acceptors (Lipinski definition) is 5. The molecule has 0 aliphatic heterocycles. The molecule has 1 aliphatic carbocycles. The van der Waals surface area contributed by atoms with Gasteiger partial charge in [0.25, 0.3) is 0 Å². The van der Waals surface area contributed by atoms with Crippen LogP contribution in [0.25, 0.3) is 15.9 Å². The number of ether oxygens (including phenoxy) is 1. The quantitative estimate of drug-likeness (QED) is 0.457. The Kier molecular flexibility index (Phi) is 5.10. The lowest BCUT2D eigenvalue weighted by molar-refractivity contribution is 0.373. The van der Waals surface area contributed by atoms with Crippen LogP contribution in [0.1, 0.15) is 43.4 Å². The van der Waals surface area contributed by atoms with Crippen molar-refractivity contribution in [1.29, 1.82) is 0 Å². The fourth-order valence-corrected chi connectivity index (χ4v) is 5.19. The van der Waals surface area contributed by atoms with Crippen molar-refractivity contribution in [2.75, 3.05) is 19.0 Å². The molecule has 3 heterocycles. The molecule has 5 rings (SSSR count). The molecule has 1 aliphatic rings. The highest BCUT2D eigenvalue weighted by Crippen LogP contribution is 2.29. The molecule has 0 unspecified atom stereocenters. The van der Waals surface area contributed by atoms with E-state index in [-0.39, 0.29) is 0 Å². The topological polar surface area (TPSA) is 51.5 Å². The lowest BCUT2D eigenvalue weighted by Crippen LogP contribution is -2.16.